The number of carboxylic acid groups (broad SMARTS) is 1. The third-order valence-corrected chi connectivity index (χ3v) is 4.35. The second-order valence-electron chi connectivity index (χ2n) is 6.14. The Labute approximate surface area is 164 Å². The van der Waals surface area contributed by atoms with E-state index in [9.17, 15) is 9.90 Å². The lowest BCUT2D eigenvalue weighted by molar-refractivity contribution is -0.131. The number of hydrogen-bond donors (Lipinski definition) is 1. The monoisotopic (exact) mass is 374 g/mol. The van der Waals surface area contributed by atoms with E-state index in [2.05, 4.69) is 0 Å². The maximum Gasteiger partial charge on any atom is 0.328 e. The molecule has 0 aliphatic carbocycles. The summed E-state index contributed by atoms with van der Waals surface area (Å²) in [6.45, 7) is 2.38. The van der Waals surface area contributed by atoms with E-state index >= 15 is 0 Å². The Bertz CT molecular complexity index is 973. The Balaban J connectivity index is 2.02. The van der Waals surface area contributed by atoms with E-state index in [1.54, 1.807) is 13.2 Å². The summed E-state index contributed by atoms with van der Waals surface area (Å²) in [5.74, 6) is 0.190. The summed E-state index contributed by atoms with van der Waals surface area (Å²) >= 11 is 0. The number of methoxy groups -OCH3 is 1. The van der Waals surface area contributed by atoms with Crippen molar-refractivity contribution in [1.82, 2.24) is 0 Å². The van der Waals surface area contributed by atoms with Gasteiger partial charge in [-0.15, -0.1) is 0 Å². The van der Waals surface area contributed by atoms with Gasteiger partial charge in [0.15, 0.2) is 11.5 Å². The molecule has 28 heavy (non-hydrogen) atoms. The minimum Gasteiger partial charge on any atom is -0.493 e. The fraction of sp³-hybridized carbons (Fsp3) is 0.125. The average Bonchev–Trinajstić information content (AvgIpc) is 2.73. The van der Waals surface area contributed by atoms with Crippen LogP contribution in [-0.2, 0) is 4.79 Å². The summed E-state index contributed by atoms with van der Waals surface area (Å²) in [6, 6.07) is 23.3. The van der Waals surface area contributed by atoms with Crippen molar-refractivity contribution in [2.24, 2.45) is 0 Å². The van der Waals surface area contributed by atoms with E-state index in [1.165, 1.54) is 6.08 Å². The highest BCUT2D eigenvalue weighted by Crippen LogP contribution is 2.33. The smallest absolute Gasteiger partial charge is 0.328 e. The highest BCUT2D eigenvalue weighted by molar-refractivity contribution is 5.95. The van der Waals surface area contributed by atoms with E-state index in [1.807, 2.05) is 73.7 Å². The van der Waals surface area contributed by atoms with Crippen molar-refractivity contribution >= 4 is 11.5 Å². The van der Waals surface area contributed by atoms with Crippen LogP contribution in [-0.4, -0.2) is 24.8 Å². The Morgan fingerprint density at radius 1 is 0.893 bits per heavy atom. The van der Waals surface area contributed by atoms with Crippen LogP contribution >= 0.6 is 0 Å². The molecule has 0 bridgehead atoms. The maximum atomic E-state index is 11.4. The van der Waals surface area contributed by atoms with Crippen molar-refractivity contribution in [2.75, 3.05) is 13.7 Å². The highest BCUT2D eigenvalue weighted by atomic mass is 16.5. The molecule has 0 unspecified atom stereocenters. The number of benzene rings is 3. The molecule has 0 atom stereocenters. The molecule has 3 aromatic carbocycles. The summed E-state index contributed by atoms with van der Waals surface area (Å²) in [4.78, 5) is 11.4. The van der Waals surface area contributed by atoms with Gasteiger partial charge in [-0.2, -0.15) is 0 Å². The number of rotatable bonds is 7. The lowest BCUT2D eigenvalue weighted by atomic mass is 9.95. The Hall–Kier alpha value is -3.53. The molecule has 0 aliphatic rings. The van der Waals surface area contributed by atoms with Gasteiger partial charge in [-0.05, 0) is 46.9 Å². The Kier molecular flexibility index (Phi) is 6.12. The van der Waals surface area contributed by atoms with Gasteiger partial charge in [-0.3, -0.25) is 0 Å². The average molecular weight is 374 g/mol. The lowest BCUT2D eigenvalue weighted by Gasteiger charge is -2.14. The Morgan fingerprint density at radius 3 is 2.14 bits per heavy atom. The number of carbonyl (C=O) groups is 1. The predicted molar refractivity (Wildman–Crippen MR) is 111 cm³/mol. The molecule has 1 N–H and O–H groups in total. The molecule has 0 radical (unpaired) electrons. The van der Waals surface area contributed by atoms with Crippen LogP contribution < -0.4 is 9.47 Å². The van der Waals surface area contributed by atoms with E-state index in [-0.39, 0.29) is 0 Å². The minimum absolute atomic E-state index is 0.490. The van der Waals surface area contributed by atoms with Crippen molar-refractivity contribution in [3.05, 3.63) is 90.0 Å². The van der Waals surface area contributed by atoms with Crippen molar-refractivity contribution in [1.29, 1.82) is 0 Å². The highest BCUT2D eigenvalue weighted by Gasteiger charge is 2.12. The third-order valence-electron chi connectivity index (χ3n) is 4.35. The summed E-state index contributed by atoms with van der Waals surface area (Å²) < 4.78 is 11.0. The molecule has 0 spiro atoms. The lowest BCUT2D eigenvalue weighted by Crippen LogP contribution is -1.99. The van der Waals surface area contributed by atoms with Crippen LogP contribution in [0.2, 0.25) is 0 Å². The summed E-state index contributed by atoms with van der Waals surface area (Å²) in [5, 5.41) is 9.38. The minimum atomic E-state index is -1.00. The van der Waals surface area contributed by atoms with Gasteiger partial charge in [0, 0.05) is 6.08 Å². The number of ether oxygens (including phenoxy) is 2. The van der Waals surface area contributed by atoms with Crippen molar-refractivity contribution in [3.8, 4) is 22.6 Å². The maximum absolute atomic E-state index is 11.4. The molecule has 3 rings (SSSR count). The molecule has 0 fully saturated rings. The molecular weight excluding hydrogens is 352 g/mol. The van der Waals surface area contributed by atoms with Gasteiger partial charge in [-0.25, -0.2) is 4.79 Å². The molecule has 4 nitrogen and oxygen atoms in total. The zero-order valence-corrected chi connectivity index (χ0v) is 15.9. The standard InChI is InChI=1S/C24H22O4/c1-3-28-23-15-20(13-14-22(23)27-2)21(16-24(25)26)19-11-9-18(10-12-19)17-7-5-4-6-8-17/h4-16H,3H2,1-2H3,(H,25,26). The second kappa shape index (κ2) is 8.91. The first-order valence-electron chi connectivity index (χ1n) is 9.04. The van der Waals surface area contributed by atoms with Crippen LogP contribution in [0.5, 0.6) is 11.5 Å². The molecule has 0 saturated heterocycles. The molecule has 0 heterocycles. The summed E-state index contributed by atoms with van der Waals surface area (Å²) in [5.41, 5.74) is 4.36. The van der Waals surface area contributed by atoms with Crippen LogP contribution in [0.4, 0.5) is 0 Å². The molecular formula is C24H22O4. The predicted octanol–water partition coefficient (Wildman–Crippen LogP) is 5.28. The second-order valence-corrected chi connectivity index (χ2v) is 6.14. The number of hydrogen-bond acceptors (Lipinski definition) is 3. The van der Waals surface area contributed by atoms with Crippen LogP contribution in [0.25, 0.3) is 16.7 Å². The van der Waals surface area contributed by atoms with Gasteiger partial charge < -0.3 is 14.6 Å². The molecule has 0 amide bonds. The first kappa shape index (κ1) is 19.2. The van der Waals surface area contributed by atoms with Crippen LogP contribution in [0.1, 0.15) is 18.1 Å². The molecule has 0 saturated carbocycles. The van der Waals surface area contributed by atoms with Gasteiger partial charge in [0.1, 0.15) is 0 Å². The Morgan fingerprint density at radius 2 is 1.54 bits per heavy atom. The van der Waals surface area contributed by atoms with E-state index in [0.29, 0.717) is 23.7 Å². The van der Waals surface area contributed by atoms with Crippen molar-refractivity contribution in [3.63, 3.8) is 0 Å². The quantitative estimate of drug-likeness (QED) is 0.572. The molecule has 4 heteroatoms. The van der Waals surface area contributed by atoms with Crippen LogP contribution in [0.15, 0.2) is 78.9 Å². The van der Waals surface area contributed by atoms with Crippen molar-refractivity contribution < 1.29 is 19.4 Å². The zero-order valence-electron chi connectivity index (χ0n) is 15.9. The zero-order chi connectivity index (χ0) is 19.9. The number of carboxylic acids is 1. The summed E-state index contributed by atoms with van der Waals surface area (Å²) in [7, 11) is 1.58. The van der Waals surface area contributed by atoms with Crippen LogP contribution in [0, 0.1) is 0 Å². The van der Waals surface area contributed by atoms with Crippen molar-refractivity contribution in [2.45, 2.75) is 6.92 Å². The third kappa shape index (κ3) is 4.41. The molecule has 142 valence electrons. The van der Waals surface area contributed by atoms with E-state index in [0.717, 1.165) is 22.3 Å². The van der Waals surface area contributed by atoms with Gasteiger partial charge in [0.05, 0.1) is 13.7 Å². The first-order chi connectivity index (χ1) is 13.6. The number of aliphatic carboxylic acids is 1. The van der Waals surface area contributed by atoms with E-state index in [4.69, 9.17) is 9.47 Å². The van der Waals surface area contributed by atoms with Crippen LogP contribution in [0.3, 0.4) is 0 Å². The fourth-order valence-electron chi connectivity index (χ4n) is 3.04. The van der Waals surface area contributed by atoms with Gasteiger partial charge in [0.25, 0.3) is 0 Å². The largest absolute Gasteiger partial charge is 0.493 e. The van der Waals surface area contributed by atoms with Gasteiger partial charge in [-0.1, -0.05) is 60.7 Å². The topological polar surface area (TPSA) is 55.8 Å². The molecule has 3 aromatic rings. The normalized spacial score (nSPS) is 11.1. The molecule has 0 aliphatic heterocycles. The summed E-state index contributed by atoms with van der Waals surface area (Å²) in [6.07, 6.45) is 1.22. The SMILES string of the molecule is CCOc1cc(C(=CC(=O)O)c2ccc(-c3ccccc3)cc2)ccc1OC. The van der Waals surface area contributed by atoms with E-state index < -0.39 is 5.97 Å². The van der Waals surface area contributed by atoms with Gasteiger partial charge in [0.2, 0.25) is 0 Å². The first-order valence-corrected chi connectivity index (χ1v) is 9.04. The molecule has 0 aromatic heterocycles. The van der Waals surface area contributed by atoms with Gasteiger partial charge >= 0.3 is 5.97 Å². The fourth-order valence-corrected chi connectivity index (χ4v) is 3.04.